The number of benzene rings is 2. The molecule has 0 unspecified atom stereocenters. The molecule has 2 aliphatic heterocycles. The standard InChI is InChI=1S/C22H25NO4/c1-23(13-21-19-6-4-3-5-15(19)9-10-26-21)22(24)17-11-16-12-18(25-2)7-8-20(16)27-14-17/h3-8,12,17,21H,9-11,13-14H2,1-2H3/t17-,21+/m0/s1. The number of likely N-dealkylation sites (N-methyl/N-ethyl adjacent to an activating group) is 1. The van der Waals surface area contributed by atoms with E-state index in [1.807, 2.05) is 31.3 Å². The maximum Gasteiger partial charge on any atom is 0.229 e. The minimum Gasteiger partial charge on any atom is -0.497 e. The van der Waals surface area contributed by atoms with Crippen molar-refractivity contribution in [2.45, 2.75) is 18.9 Å². The number of amides is 1. The highest BCUT2D eigenvalue weighted by Gasteiger charge is 2.31. The van der Waals surface area contributed by atoms with Gasteiger partial charge in [-0.1, -0.05) is 24.3 Å². The molecule has 4 rings (SSSR count). The Bertz CT molecular complexity index is 835. The maximum absolute atomic E-state index is 13.0. The Morgan fingerprint density at radius 3 is 2.93 bits per heavy atom. The molecule has 5 nitrogen and oxygen atoms in total. The van der Waals surface area contributed by atoms with Gasteiger partial charge >= 0.3 is 0 Å². The van der Waals surface area contributed by atoms with E-state index in [1.54, 1.807) is 12.0 Å². The maximum atomic E-state index is 13.0. The van der Waals surface area contributed by atoms with Crippen molar-refractivity contribution in [1.82, 2.24) is 4.90 Å². The van der Waals surface area contributed by atoms with Crippen LogP contribution in [0.15, 0.2) is 42.5 Å². The van der Waals surface area contributed by atoms with Crippen LogP contribution in [0, 0.1) is 5.92 Å². The Balaban J connectivity index is 1.44. The fourth-order valence-electron chi connectivity index (χ4n) is 3.93. The first-order valence-electron chi connectivity index (χ1n) is 9.40. The average molecular weight is 367 g/mol. The molecule has 0 bridgehead atoms. The second kappa shape index (κ2) is 7.61. The summed E-state index contributed by atoms with van der Waals surface area (Å²) in [5.41, 5.74) is 3.53. The van der Waals surface area contributed by atoms with Gasteiger partial charge in [-0.25, -0.2) is 0 Å². The SMILES string of the molecule is COc1ccc2c(c1)C[C@H](C(=O)N(C)C[C@H]1OCCc3ccccc31)CO2. The van der Waals surface area contributed by atoms with E-state index in [-0.39, 0.29) is 17.9 Å². The topological polar surface area (TPSA) is 48.0 Å². The zero-order valence-corrected chi connectivity index (χ0v) is 15.8. The van der Waals surface area contributed by atoms with E-state index in [9.17, 15) is 4.79 Å². The van der Waals surface area contributed by atoms with Crippen LogP contribution in [0.3, 0.4) is 0 Å². The molecule has 5 heteroatoms. The van der Waals surface area contributed by atoms with Crippen LogP contribution in [-0.2, 0) is 22.4 Å². The lowest BCUT2D eigenvalue weighted by Gasteiger charge is -2.32. The number of methoxy groups -OCH3 is 1. The molecular formula is C22H25NO4. The van der Waals surface area contributed by atoms with Gasteiger partial charge in [-0.2, -0.15) is 0 Å². The third-order valence-corrected chi connectivity index (χ3v) is 5.43. The number of carbonyl (C=O) groups is 1. The molecule has 0 saturated heterocycles. The van der Waals surface area contributed by atoms with Crippen molar-refractivity contribution in [2.24, 2.45) is 5.92 Å². The molecule has 2 aromatic rings. The Morgan fingerprint density at radius 1 is 1.22 bits per heavy atom. The number of fused-ring (bicyclic) bond motifs is 2. The van der Waals surface area contributed by atoms with Crippen molar-refractivity contribution in [2.75, 3.05) is 33.9 Å². The van der Waals surface area contributed by atoms with Crippen molar-refractivity contribution >= 4 is 5.91 Å². The highest BCUT2D eigenvalue weighted by Crippen LogP contribution is 2.32. The van der Waals surface area contributed by atoms with E-state index >= 15 is 0 Å². The molecule has 1 amide bonds. The van der Waals surface area contributed by atoms with Gasteiger partial charge in [0, 0.05) is 7.05 Å². The number of nitrogens with zero attached hydrogens (tertiary/aromatic N) is 1. The van der Waals surface area contributed by atoms with Gasteiger partial charge in [-0.05, 0) is 47.7 Å². The van der Waals surface area contributed by atoms with Crippen LogP contribution in [0.4, 0.5) is 0 Å². The summed E-state index contributed by atoms with van der Waals surface area (Å²) in [7, 11) is 3.49. The molecule has 0 spiro atoms. The summed E-state index contributed by atoms with van der Waals surface area (Å²) >= 11 is 0. The predicted octanol–water partition coefficient (Wildman–Crippen LogP) is 3.02. The van der Waals surface area contributed by atoms with Crippen molar-refractivity contribution in [3.05, 3.63) is 59.2 Å². The molecule has 0 N–H and O–H groups in total. The molecule has 2 aliphatic rings. The Labute approximate surface area is 159 Å². The zero-order valence-electron chi connectivity index (χ0n) is 15.8. The van der Waals surface area contributed by atoms with Gasteiger partial charge in [-0.3, -0.25) is 4.79 Å². The monoisotopic (exact) mass is 367 g/mol. The fourth-order valence-corrected chi connectivity index (χ4v) is 3.93. The smallest absolute Gasteiger partial charge is 0.229 e. The van der Waals surface area contributed by atoms with Gasteiger partial charge in [0.1, 0.15) is 24.2 Å². The van der Waals surface area contributed by atoms with Crippen LogP contribution in [-0.4, -0.2) is 44.7 Å². The summed E-state index contributed by atoms with van der Waals surface area (Å²) in [6.45, 7) is 1.66. The van der Waals surface area contributed by atoms with Crippen LogP contribution in [0.5, 0.6) is 11.5 Å². The molecule has 0 aromatic heterocycles. The van der Waals surface area contributed by atoms with Crippen LogP contribution in [0.25, 0.3) is 0 Å². The molecule has 0 saturated carbocycles. The highest BCUT2D eigenvalue weighted by atomic mass is 16.5. The summed E-state index contributed by atoms with van der Waals surface area (Å²) in [5, 5.41) is 0. The first kappa shape index (κ1) is 17.9. The number of hydrogen-bond donors (Lipinski definition) is 0. The van der Waals surface area contributed by atoms with E-state index in [0.717, 1.165) is 23.5 Å². The lowest BCUT2D eigenvalue weighted by Crippen LogP contribution is -2.41. The van der Waals surface area contributed by atoms with Gasteiger partial charge in [0.05, 0.1) is 26.2 Å². The van der Waals surface area contributed by atoms with Crippen LogP contribution in [0.1, 0.15) is 22.8 Å². The van der Waals surface area contributed by atoms with Crippen molar-refractivity contribution in [3.63, 3.8) is 0 Å². The largest absolute Gasteiger partial charge is 0.497 e. The molecule has 2 atom stereocenters. The molecule has 2 aromatic carbocycles. The van der Waals surface area contributed by atoms with E-state index < -0.39 is 0 Å². The molecular weight excluding hydrogens is 342 g/mol. The van der Waals surface area contributed by atoms with E-state index in [4.69, 9.17) is 14.2 Å². The second-order valence-electron chi connectivity index (χ2n) is 7.21. The molecule has 27 heavy (non-hydrogen) atoms. The molecule has 0 radical (unpaired) electrons. The minimum absolute atomic E-state index is 0.0687. The Hall–Kier alpha value is -2.53. The third kappa shape index (κ3) is 3.65. The van der Waals surface area contributed by atoms with E-state index in [2.05, 4.69) is 18.2 Å². The van der Waals surface area contributed by atoms with E-state index in [0.29, 0.717) is 26.2 Å². The lowest BCUT2D eigenvalue weighted by molar-refractivity contribution is -0.137. The lowest BCUT2D eigenvalue weighted by atomic mass is 9.94. The van der Waals surface area contributed by atoms with Crippen molar-refractivity contribution < 1.29 is 19.0 Å². The fraction of sp³-hybridized carbons (Fsp3) is 0.409. The quantitative estimate of drug-likeness (QED) is 0.833. The number of rotatable bonds is 4. The van der Waals surface area contributed by atoms with Crippen molar-refractivity contribution in [1.29, 1.82) is 0 Å². The first-order valence-corrected chi connectivity index (χ1v) is 9.40. The van der Waals surface area contributed by atoms with Gasteiger partial charge in [0.2, 0.25) is 5.91 Å². The van der Waals surface area contributed by atoms with E-state index in [1.165, 1.54) is 11.1 Å². The molecule has 0 fully saturated rings. The molecule has 0 aliphatic carbocycles. The summed E-state index contributed by atoms with van der Waals surface area (Å²) < 4.78 is 17.1. The summed E-state index contributed by atoms with van der Waals surface area (Å²) in [6, 6.07) is 14.1. The number of hydrogen-bond acceptors (Lipinski definition) is 4. The molecule has 2 heterocycles. The van der Waals surface area contributed by atoms with Gasteiger partial charge in [-0.15, -0.1) is 0 Å². The summed E-state index contributed by atoms with van der Waals surface area (Å²) in [4.78, 5) is 14.8. The minimum atomic E-state index is -0.187. The molecule has 142 valence electrons. The number of carbonyl (C=O) groups excluding carboxylic acids is 1. The normalized spacial score (nSPS) is 20.8. The van der Waals surface area contributed by atoms with Gasteiger partial charge in [0.25, 0.3) is 0 Å². The van der Waals surface area contributed by atoms with Crippen molar-refractivity contribution in [3.8, 4) is 11.5 Å². The Morgan fingerprint density at radius 2 is 2.07 bits per heavy atom. The van der Waals surface area contributed by atoms with Gasteiger partial charge in [0.15, 0.2) is 0 Å². The second-order valence-corrected chi connectivity index (χ2v) is 7.21. The summed E-state index contributed by atoms with van der Waals surface area (Å²) in [5.74, 6) is 1.53. The first-order chi connectivity index (χ1) is 13.2. The van der Waals surface area contributed by atoms with Gasteiger partial charge < -0.3 is 19.1 Å². The van der Waals surface area contributed by atoms with Crippen LogP contribution in [0.2, 0.25) is 0 Å². The zero-order chi connectivity index (χ0) is 18.8. The Kier molecular flexibility index (Phi) is 5.03. The summed E-state index contributed by atoms with van der Waals surface area (Å²) in [6.07, 6.45) is 1.53. The average Bonchev–Trinajstić information content (AvgIpc) is 2.72. The third-order valence-electron chi connectivity index (χ3n) is 5.43. The van der Waals surface area contributed by atoms with Crippen LogP contribution < -0.4 is 9.47 Å². The highest BCUT2D eigenvalue weighted by molar-refractivity contribution is 5.79. The van der Waals surface area contributed by atoms with Crippen LogP contribution >= 0.6 is 0 Å². The predicted molar refractivity (Wildman–Crippen MR) is 102 cm³/mol. The number of ether oxygens (including phenoxy) is 3.